The first-order chi connectivity index (χ1) is 11.2. The standard InChI is InChI=1S/C20H27N3/c1-16(2)18-7-9-19(10-8-18)22-20-6-4-12-23(15-20)14-17-5-3-11-21-13-17/h3,5,7-11,13,16,20,22H,4,6,12,14-15H2,1-2H3. The molecule has 0 spiro atoms. The van der Waals surface area contributed by atoms with Crippen LogP contribution in [0.4, 0.5) is 5.69 Å². The Balaban J connectivity index is 1.56. The molecule has 0 aliphatic carbocycles. The van der Waals surface area contributed by atoms with Crippen LogP contribution in [0, 0.1) is 0 Å². The number of piperidine rings is 1. The van der Waals surface area contributed by atoms with Gasteiger partial charge in [-0.3, -0.25) is 9.88 Å². The van der Waals surface area contributed by atoms with Crippen molar-refractivity contribution in [2.45, 2.75) is 45.2 Å². The second kappa shape index (κ2) is 7.60. The van der Waals surface area contributed by atoms with Crippen LogP contribution in [-0.2, 0) is 6.54 Å². The van der Waals surface area contributed by atoms with Crippen LogP contribution in [0.5, 0.6) is 0 Å². The van der Waals surface area contributed by atoms with Gasteiger partial charge in [-0.05, 0) is 54.6 Å². The average molecular weight is 309 g/mol. The predicted molar refractivity (Wildman–Crippen MR) is 96.7 cm³/mol. The van der Waals surface area contributed by atoms with Gasteiger partial charge in [-0.1, -0.05) is 32.0 Å². The fourth-order valence-corrected chi connectivity index (χ4v) is 3.27. The van der Waals surface area contributed by atoms with Crippen LogP contribution in [0.15, 0.2) is 48.8 Å². The molecule has 1 aliphatic heterocycles. The smallest absolute Gasteiger partial charge is 0.0389 e. The quantitative estimate of drug-likeness (QED) is 0.893. The number of hydrogen-bond donors (Lipinski definition) is 1. The van der Waals surface area contributed by atoms with Gasteiger partial charge in [-0.2, -0.15) is 0 Å². The van der Waals surface area contributed by atoms with Crippen LogP contribution < -0.4 is 5.32 Å². The van der Waals surface area contributed by atoms with Crippen molar-refractivity contribution in [2.75, 3.05) is 18.4 Å². The third kappa shape index (κ3) is 4.55. The van der Waals surface area contributed by atoms with Crippen molar-refractivity contribution < 1.29 is 0 Å². The SMILES string of the molecule is CC(C)c1ccc(NC2CCCN(Cc3cccnc3)C2)cc1. The van der Waals surface area contributed by atoms with Crippen LogP contribution in [-0.4, -0.2) is 29.0 Å². The zero-order chi connectivity index (χ0) is 16.1. The number of hydrogen-bond acceptors (Lipinski definition) is 3. The third-order valence-electron chi connectivity index (χ3n) is 4.58. The fourth-order valence-electron chi connectivity index (χ4n) is 3.27. The average Bonchev–Trinajstić information content (AvgIpc) is 2.57. The number of nitrogens with zero attached hydrogens (tertiary/aromatic N) is 2. The first-order valence-corrected chi connectivity index (χ1v) is 8.68. The molecule has 0 radical (unpaired) electrons. The van der Waals surface area contributed by atoms with Gasteiger partial charge in [0.1, 0.15) is 0 Å². The Hall–Kier alpha value is -1.87. The van der Waals surface area contributed by atoms with E-state index in [2.05, 4.69) is 59.4 Å². The second-order valence-electron chi connectivity index (χ2n) is 6.86. The third-order valence-corrected chi connectivity index (χ3v) is 4.58. The summed E-state index contributed by atoms with van der Waals surface area (Å²) in [6, 6.07) is 13.6. The molecular weight excluding hydrogens is 282 g/mol. The van der Waals surface area contributed by atoms with Gasteiger partial charge in [-0.25, -0.2) is 0 Å². The normalized spacial score (nSPS) is 19.0. The van der Waals surface area contributed by atoms with E-state index in [9.17, 15) is 0 Å². The molecule has 3 rings (SSSR count). The van der Waals surface area contributed by atoms with E-state index in [0.29, 0.717) is 12.0 Å². The van der Waals surface area contributed by atoms with Gasteiger partial charge in [-0.15, -0.1) is 0 Å². The molecule has 0 amide bonds. The van der Waals surface area contributed by atoms with Crippen molar-refractivity contribution >= 4 is 5.69 Å². The summed E-state index contributed by atoms with van der Waals surface area (Å²) >= 11 is 0. The number of anilines is 1. The van der Waals surface area contributed by atoms with Crippen LogP contribution in [0.2, 0.25) is 0 Å². The maximum absolute atomic E-state index is 4.22. The van der Waals surface area contributed by atoms with Crippen molar-refractivity contribution in [2.24, 2.45) is 0 Å². The molecule has 122 valence electrons. The lowest BCUT2D eigenvalue weighted by molar-refractivity contribution is 0.208. The molecule has 3 heteroatoms. The molecule has 1 saturated heterocycles. The zero-order valence-corrected chi connectivity index (χ0v) is 14.2. The lowest BCUT2D eigenvalue weighted by atomic mass is 10.0. The van der Waals surface area contributed by atoms with Gasteiger partial charge < -0.3 is 5.32 Å². The van der Waals surface area contributed by atoms with Crippen molar-refractivity contribution in [1.29, 1.82) is 0 Å². The number of pyridine rings is 1. The Bertz CT molecular complexity index is 592. The molecule has 1 aliphatic rings. The van der Waals surface area contributed by atoms with Gasteiger partial charge in [0, 0.05) is 37.2 Å². The number of benzene rings is 1. The molecule has 1 aromatic carbocycles. The van der Waals surface area contributed by atoms with Gasteiger partial charge in [0.25, 0.3) is 0 Å². The van der Waals surface area contributed by atoms with E-state index < -0.39 is 0 Å². The van der Waals surface area contributed by atoms with Gasteiger partial charge in [0.15, 0.2) is 0 Å². The summed E-state index contributed by atoms with van der Waals surface area (Å²) in [5, 5.41) is 3.71. The number of rotatable bonds is 5. The van der Waals surface area contributed by atoms with Crippen LogP contribution >= 0.6 is 0 Å². The molecule has 1 atom stereocenters. The molecule has 0 saturated carbocycles. The monoisotopic (exact) mass is 309 g/mol. The minimum Gasteiger partial charge on any atom is -0.381 e. The highest BCUT2D eigenvalue weighted by atomic mass is 15.2. The summed E-state index contributed by atoms with van der Waals surface area (Å²) in [7, 11) is 0. The summed E-state index contributed by atoms with van der Waals surface area (Å²) in [6.45, 7) is 7.75. The van der Waals surface area contributed by atoms with E-state index in [-0.39, 0.29) is 0 Å². The van der Waals surface area contributed by atoms with Crippen molar-refractivity contribution in [1.82, 2.24) is 9.88 Å². The van der Waals surface area contributed by atoms with Crippen LogP contribution in [0.3, 0.4) is 0 Å². The Labute approximate surface area is 139 Å². The molecule has 1 aromatic heterocycles. The molecule has 1 N–H and O–H groups in total. The van der Waals surface area contributed by atoms with E-state index in [0.717, 1.165) is 13.1 Å². The number of likely N-dealkylation sites (tertiary alicyclic amines) is 1. The Kier molecular flexibility index (Phi) is 5.29. The van der Waals surface area contributed by atoms with Gasteiger partial charge in [0.05, 0.1) is 0 Å². The molecule has 2 aromatic rings. The first-order valence-electron chi connectivity index (χ1n) is 8.68. The number of nitrogens with one attached hydrogen (secondary N) is 1. The van der Waals surface area contributed by atoms with Gasteiger partial charge >= 0.3 is 0 Å². The molecule has 2 heterocycles. The Morgan fingerprint density at radius 3 is 2.74 bits per heavy atom. The maximum atomic E-state index is 4.22. The Morgan fingerprint density at radius 2 is 2.04 bits per heavy atom. The maximum Gasteiger partial charge on any atom is 0.0389 e. The topological polar surface area (TPSA) is 28.2 Å². The summed E-state index contributed by atoms with van der Waals surface area (Å²) in [4.78, 5) is 6.75. The molecule has 1 fully saturated rings. The molecule has 1 unspecified atom stereocenters. The highest BCUT2D eigenvalue weighted by molar-refractivity contribution is 5.46. The van der Waals surface area contributed by atoms with E-state index in [1.165, 1.54) is 36.2 Å². The Morgan fingerprint density at radius 1 is 1.22 bits per heavy atom. The summed E-state index contributed by atoms with van der Waals surface area (Å²) in [5.41, 5.74) is 3.94. The van der Waals surface area contributed by atoms with Gasteiger partial charge in [0.2, 0.25) is 0 Å². The van der Waals surface area contributed by atoms with Crippen molar-refractivity contribution in [3.63, 3.8) is 0 Å². The lowest BCUT2D eigenvalue weighted by Gasteiger charge is -2.33. The minimum absolute atomic E-state index is 0.533. The van der Waals surface area contributed by atoms with E-state index >= 15 is 0 Å². The summed E-state index contributed by atoms with van der Waals surface area (Å²) in [6.07, 6.45) is 6.31. The number of aromatic nitrogens is 1. The first kappa shape index (κ1) is 16.0. The van der Waals surface area contributed by atoms with E-state index in [1.54, 1.807) is 0 Å². The second-order valence-corrected chi connectivity index (χ2v) is 6.86. The van der Waals surface area contributed by atoms with E-state index in [4.69, 9.17) is 0 Å². The van der Waals surface area contributed by atoms with E-state index in [1.807, 2.05) is 18.5 Å². The highest BCUT2D eigenvalue weighted by Crippen LogP contribution is 2.20. The lowest BCUT2D eigenvalue weighted by Crippen LogP contribution is -2.41. The van der Waals surface area contributed by atoms with Crippen LogP contribution in [0.25, 0.3) is 0 Å². The van der Waals surface area contributed by atoms with Crippen molar-refractivity contribution in [3.05, 3.63) is 59.9 Å². The highest BCUT2D eigenvalue weighted by Gasteiger charge is 2.19. The molecular formula is C20H27N3. The zero-order valence-electron chi connectivity index (χ0n) is 14.2. The molecule has 23 heavy (non-hydrogen) atoms. The minimum atomic E-state index is 0.533. The summed E-state index contributed by atoms with van der Waals surface area (Å²) < 4.78 is 0. The molecule has 0 bridgehead atoms. The predicted octanol–water partition coefficient (Wildman–Crippen LogP) is 4.28. The fraction of sp³-hybridized carbons (Fsp3) is 0.450. The van der Waals surface area contributed by atoms with Crippen molar-refractivity contribution in [3.8, 4) is 0 Å². The summed E-state index contributed by atoms with van der Waals surface area (Å²) in [5.74, 6) is 0.591. The largest absolute Gasteiger partial charge is 0.381 e. The van der Waals surface area contributed by atoms with Crippen LogP contribution in [0.1, 0.15) is 43.7 Å². The molecule has 3 nitrogen and oxygen atoms in total.